The van der Waals surface area contributed by atoms with Crippen molar-refractivity contribution in [3.8, 4) is 0 Å². The lowest BCUT2D eigenvalue weighted by Gasteiger charge is -2.15. The van der Waals surface area contributed by atoms with Gasteiger partial charge in [-0.15, -0.1) is 0 Å². The minimum Gasteiger partial charge on any atom is -0.400 e. The van der Waals surface area contributed by atoms with Gasteiger partial charge in [0.15, 0.2) is 5.71 Å². The molecule has 1 aliphatic rings. The Balaban J connectivity index is 0. The first-order valence-corrected chi connectivity index (χ1v) is 10.1. The van der Waals surface area contributed by atoms with Gasteiger partial charge in [-0.3, -0.25) is 0 Å². The summed E-state index contributed by atoms with van der Waals surface area (Å²) in [5.41, 5.74) is 5.71. The second kappa shape index (κ2) is 14.7. The maximum atomic E-state index is 10.3. The number of unbranched alkanes of at least 4 members (excludes halogenated alkanes) is 3. The van der Waals surface area contributed by atoms with Crippen LogP contribution in [0.4, 0.5) is 5.69 Å². The van der Waals surface area contributed by atoms with E-state index >= 15 is 0 Å². The molecule has 1 aromatic rings. The first-order valence-electron chi connectivity index (χ1n) is 10.1. The predicted molar refractivity (Wildman–Crippen MR) is 115 cm³/mol. The third kappa shape index (κ3) is 7.03. The highest BCUT2D eigenvalue weighted by molar-refractivity contribution is 5.93. The summed E-state index contributed by atoms with van der Waals surface area (Å²) >= 11 is 0. The summed E-state index contributed by atoms with van der Waals surface area (Å²) in [5.74, 6) is 0. The Morgan fingerprint density at radius 2 is 1.58 bits per heavy atom. The molecule has 2 rings (SSSR count). The lowest BCUT2D eigenvalue weighted by atomic mass is 9.82. The molecular formula is C23H42NO2+. The molecule has 1 aromatic carbocycles. The van der Waals surface area contributed by atoms with E-state index in [2.05, 4.69) is 50.5 Å². The van der Waals surface area contributed by atoms with Gasteiger partial charge in [0, 0.05) is 38.5 Å². The highest BCUT2D eigenvalue weighted by atomic mass is 16.2. The average Bonchev–Trinajstić information content (AvgIpc) is 2.87. The molecule has 0 saturated carbocycles. The fourth-order valence-corrected chi connectivity index (χ4v) is 3.06. The number of hydrogen-bond donors (Lipinski definition) is 1. The largest absolute Gasteiger partial charge is 0.400 e. The van der Waals surface area contributed by atoms with Crippen molar-refractivity contribution in [2.45, 2.75) is 86.5 Å². The van der Waals surface area contributed by atoms with Crippen molar-refractivity contribution < 1.29 is 14.5 Å². The molecule has 3 nitrogen and oxygen atoms in total. The number of hydrogen-bond acceptors (Lipinski definition) is 2. The Hall–Kier alpha value is -1.48. The highest BCUT2D eigenvalue weighted by Gasteiger charge is 2.42. The van der Waals surface area contributed by atoms with Crippen molar-refractivity contribution in [2.24, 2.45) is 0 Å². The Bertz CT molecular complexity index is 545. The van der Waals surface area contributed by atoms with Crippen LogP contribution < -0.4 is 0 Å². The van der Waals surface area contributed by atoms with Crippen LogP contribution in [0.25, 0.3) is 0 Å². The summed E-state index contributed by atoms with van der Waals surface area (Å²) in [7, 11) is 1.00. The van der Waals surface area contributed by atoms with E-state index in [1.807, 2.05) is 27.7 Å². The van der Waals surface area contributed by atoms with Gasteiger partial charge in [0.2, 0.25) is 5.69 Å². The summed E-state index contributed by atoms with van der Waals surface area (Å²) < 4.78 is 2.47. The standard InChI is InChI=1S/C18H26NO.2C2H6.CH4O/c1-14-9-10-17-16(13-14)18(3,4)15(2)19(17)11-7-5-6-8-12-20;3*1-2/h9-10,12-13H,5-8,11H2,1-4H3;2*1-2H3;2H,1H3/q+1;;;. The van der Waals surface area contributed by atoms with Crippen molar-refractivity contribution in [3.05, 3.63) is 29.3 Å². The van der Waals surface area contributed by atoms with Gasteiger partial charge in [0.25, 0.3) is 0 Å². The molecule has 0 bridgehead atoms. The Labute approximate surface area is 162 Å². The van der Waals surface area contributed by atoms with Gasteiger partial charge in [-0.05, 0) is 39.7 Å². The van der Waals surface area contributed by atoms with Crippen molar-refractivity contribution in [2.75, 3.05) is 13.7 Å². The molecule has 150 valence electrons. The van der Waals surface area contributed by atoms with Crippen molar-refractivity contribution in [3.63, 3.8) is 0 Å². The van der Waals surface area contributed by atoms with Crippen LogP contribution in [0, 0.1) is 6.92 Å². The minimum atomic E-state index is 0.129. The predicted octanol–water partition coefficient (Wildman–Crippen LogP) is 5.81. The van der Waals surface area contributed by atoms with Crippen LogP contribution in [-0.2, 0) is 10.2 Å². The fraction of sp³-hybridized carbons (Fsp3) is 0.652. The van der Waals surface area contributed by atoms with Crippen molar-refractivity contribution >= 4 is 17.7 Å². The maximum absolute atomic E-state index is 10.3. The van der Waals surface area contributed by atoms with Gasteiger partial charge in [-0.1, -0.05) is 39.3 Å². The number of aliphatic hydroxyl groups is 1. The molecule has 0 radical (unpaired) electrons. The molecule has 1 aliphatic heterocycles. The quantitative estimate of drug-likeness (QED) is 0.393. The summed E-state index contributed by atoms with van der Waals surface area (Å²) in [6.45, 7) is 18.1. The maximum Gasteiger partial charge on any atom is 0.209 e. The van der Waals surface area contributed by atoms with E-state index in [1.165, 1.54) is 22.5 Å². The number of carbonyl (C=O) groups excluding carboxylic acids is 1. The van der Waals surface area contributed by atoms with Gasteiger partial charge < -0.3 is 9.90 Å². The molecule has 0 atom stereocenters. The molecular weight excluding hydrogens is 322 g/mol. The van der Waals surface area contributed by atoms with Crippen LogP contribution in [-0.4, -0.2) is 35.3 Å². The van der Waals surface area contributed by atoms with Crippen LogP contribution in [0.5, 0.6) is 0 Å². The molecule has 0 aliphatic carbocycles. The van der Waals surface area contributed by atoms with Gasteiger partial charge >= 0.3 is 0 Å². The third-order valence-electron chi connectivity index (χ3n) is 4.63. The number of aliphatic hydroxyl groups excluding tert-OH is 1. The monoisotopic (exact) mass is 364 g/mol. The topological polar surface area (TPSA) is 40.3 Å². The second-order valence-corrected chi connectivity index (χ2v) is 6.40. The highest BCUT2D eigenvalue weighted by Crippen LogP contribution is 2.39. The van der Waals surface area contributed by atoms with Crippen LogP contribution in [0.3, 0.4) is 0 Å². The number of aryl methyl sites for hydroxylation is 1. The van der Waals surface area contributed by atoms with E-state index < -0.39 is 0 Å². The van der Waals surface area contributed by atoms with Gasteiger partial charge in [0.1, 0.15) is 12.8 Å². The molecule has 0 fully saturated rings. The van der Waals surface area contributed by atoms with Crippen molar-refractivity contribution in [1.82, 2.24) is 0 Å². The van der Waals surface area contributed by atoms with E-state index in [-0.39, 0.29) is 5.41 Å². The van der Waals surface area contributed by atoms with Gasteiger partial charge in [-0.25, -0.2) is 0 Å². The van der Waals surface area contributed by atoms with Gasteiger partial charge in [0.05, 0.1) is 5.41 Å². The molecule has 0 amide bonds. The molecule has 1 heterocycles. The zero-order valence-electron chi connectivity index (χ0n) is 18.6. The van der Waals surface area contributed by atoms with Crippen LogP contribution in [0.2, 0.25) is 0 Å². The van der Waals surface area contributed by atoms with Crippen molar-refractivity contribution in [1.29, 1.82) is 0 Å². The van der Waals surface area contributed by atoms with Crippen LogP contribution >= 0.6 is 0 Å². The summed E-state index contributed by atoms with van der Waals surface area (Å²) in [4.78, 5) is 10.3. The molecule has 0 aromatic heterocycles. The summed E-state index contributed by atoms with van der Waals surface area (Å²) in [5, 5.41) is 7.00. The number of carbonyl (C=O) groups is 1. The lowest BCUT2D eigenvalue weighted by molar-refractivity contribution is -0.439. The third-order valence-corrected chi connectivity index (χ3v) is 4.63. The number of nitrogens with zero attached hydrogens (tertiary/aromatic N) is 1. The Morgan fingerprint density at radius 1 is 1.00 bits per heavy atom. The number of aldehydes is 1. The van der Waals surface area contributed by atoms with Crippen LogP contribution in [0.15, 0.2) is 18.2 Å². The normalized spacial score (nSPS) is 13.3. The average molecular weight is 365 g/mol. The molecule has 26 heavy (non-hydrogen) atoms. The second-order valence-electron chi connectivity index (χ2n) is 6.40. The summed E-state index contributed by atoms with van der Waals surface area (Å²) in [6, 6.07) is 6.78. The van der Waals surface area contributed by atoms with E-state index in [4.69, 9.17) is 5.11 Å². The number of benzene rings is 1. The zero-order valence-corrected chi connectivity index (χ0v) is 18.6. The smallest absolute Gasteiger partial charge is 0.209 e. The molecule has 0 spiro atoms. The Morgan fingerprint density at radius 3 is 2.12 bits per heavy atom. The summed E-state index contributed by atoms with van der Waals surface area (Å²) in [6.07, 6.45) is 5.01. The Kier molecular flexibility index (Phi) is 15.1. The minimum absolute atomic E-state index is 0.129. The van der Waals surface area contributed by atoms with Gasteiger partial charge in [-0.2, -0.15) is 4.58 Å². The molecule has 0 unspecified atom stereocenters. The van der Waals surface area contributed by atoms with E-state index in [1.54, 1.807) is 0 Å². The molecule has 3 heteroatoms. The number of fused-ring (bicyclic) bond motifs is 1. The SMILES string of the molecule is CC.CC.CC1=[N+](CCCCCC=O)c2ccc(C)cc2C1(C)C.CO. The van der Waals surface area contributed by atoms with E-state index in [0.29, 0.717) is 6.42 Å². The zero-order chi connectivity index (χ0) is 20.8. The van der Waals surface area contributed by atoms with Crippen LogP contribution in [0.1, 0.15) is 85.3 Å². The molecule has 0 saturated heterocycles. The van der Waals surface area contributed by atoms with E-state index in [0.717, 1.165) is 39.2 Å². The first kappa shape index (κ1) is 26.7. The number of rotatable bonds is 6. The van der Waals surface area contributed by atoms with E-state index in [9.17, 15) is 4.79 Å². The lowest BCUT2D eigenvalue weighted by Crippen LogP contribution is -2.26. The first-order chi connectivity index (χ1) is 12.5. The molecule has 1 N–H and O–H groups in total. The fourth-order valence-electron chi connectivity index (χ4n) is 3.06.